The van der Waals surface area contributed by atoms with E-state index in [0.29, 0.717) is 5.75 Å². The van der Waals surface area contributed by atoms with Gasteiger partial charge in [0.25, 0.3) is 0 Å². The summed E-state index contributed by atoms with van der Waals surface area (Å²) in [5.41, 5.74) is 2.31. The van der Waals surface area contributed by atoms with E-state index in [9.17, 15) is 13.2 Å². The van der Waals surface area contributed by atoms with Crippen LogP contribution in [0.15, 0.2) is 47.4 Å². The molecule has 7 nitrogen and oxygen atoms in total. The van der Waals surface area contributed by atoms with Gasteiger partial charge in [0, 0.05) is 7.05 Å². The van der Waals surface area contributed by atoms with Gasteiger partial charge >= 0.3 is 0 Å². The second kappa shape index (κ2) is 9.76. The first-order chi connectivity index (χ1) is 13.6. The van der Waals surface area contributed by atoms with Crippen molar-refractivity contribution in [2.24, 2.45) is 0 Å². The quantitative estimate of drug-likeness (QED) is 0.674. The van der Waals surface area contributed by atoms with Crippen molar-refractivity contribution < 1.29 is 22.7 Å². The molecule has 2 rings (SSSR count). The first-order valence-corrected chi connectivity index (χ1v) is 10.7. The molecule has 0 aliphatic heterocycles. The summed E-state index contributed by atoms with van der Waals surface area (Å²) in [6.07, 6.45) is 0. The van der Waals surface area contributed by atoms with Gasteiger partial charge in [-0.15, -0.1) is 0 Å². The van der Waals surface area contributed by atoms with E-state index in [-0.39, 0.29) is 24.1 Å². The second-order valence-corrected chi connectivity index (χ2v) is 9.01. The zero-order valence-electron chi connectivity index (χ0n) is 17.4. The number of carbonyl (C=O) groups is 1. The normalized spacial score (nSPS) is 12.5. The summed E-state index contributed by atoms with van der Waals surface area (Å²) in [5, 5.41) is 2.76. The lowest BCUT2D eigenvalue weighted by molar-refractivity contribution is -0.121. The number of rotatable bonds is 9. The number of nitrogens with zero attached hydrogens (tertiary/aromatic N) is 1. The molecule has 0 heterocycles. The Kier molecular flexibility index (Phi) is 7.64. The highest BCUT2D eigenvalue weighted by Gasteiger charge is 2.23. The highest BCUT2D eigenvalue weighted by molar-refractivity contribution is 7.89. The predicted octanol–water partition coefficient (Wildman–Crippen LogP) is 2.52. The summed E-state index contributed by atoms with van der Waals surface area (Å²) in [4.78, 5) is 12.4. The van der Waals surface area contributed by atoms with E-state index in [1.807, 2.05) is 32.0 Å². The van der Waals surface area contributed by atoms with E-state index in [0.717, 1.165) is 15.6 Å². The van der Waals surface area contributed by atoms with Gasteiger partial charge in [-0.2, -0.15) is 4.31 Å². The van der Waals surface area contributed by atoms with Gasteiger partial charge in [-0.1, -0.05) is 6.07 Å². The number of ether oxygens (including phenoxy) is 2. The number of benzene rings is 2. The van der Waals surface area contributed by atoms with Gasteiger partial charge in [0.05, 0.1) is 24.6 Å². The standard InChI is InChI=1S/C21H28N2O5S/c1-15-6-7-19(12-16(15)2)28-14-17(3)22-21(24)13-23(4)29(25,26)20-10-8-18(27-5)9-11-20/h6-12,17H,13-14H2,1-5H3,(H,22,24). The molecule has 0 saturated heterocycles. The minimum Gasteiger partial charge on any atom is -0.497 e. The fourth-order valence-electron chi connectivity index (χ4n) is 2.60. The molecule has 0 aliphatic rings. The third-order valence-corrected chi connectivity index (χ3v) is 6.34. The number of likely N-dealkylation sites (N-methyl/N-ethyl adjacent to an activating group) is 1. The van der Waals surface area contributed by atoms with E-state index in [1.54, 1.807) is 19.1 Å². The average Bonchev–Trinajstić information content (AvgIpc) is 2.68. The van der Waals surface area contributed by atoms with Crippen LogP contribution >= 0.6 is 0 Å². The maximum absolute atomic E-state index is 12.6. The Morgan fingerprint density at radius 2 is 1.69 bits per heavy atom. The Balaban J connectivity index is 1.88. The molecule has 1 atom stereocenters. The van der Waals surface area contributed by atoms with Crippen LogP contribution in [0, 0.1) is 13.8 Å². The van der Waals surface area contributed by atoms with E-state index in [1.165, 1.54) is 31.9 Å². The largest absolute Gasteiger partial charge is 0.497 e. The lowest BCUT2D eigenvalue weighted by atomic mass is 10.1. The van der Waals surface area contributed by atoms with Crippen molar-refractivity contribution in [1.29, 1.82) is 0 Å². The lowest BCUT2D eigenvalue weighted by Crippen LogP contribution is -2.43. The van der Waals surface area contributed by atoms with Crippen molar-refractivity contribution in [1.82, 2.24) is 9.62 Å². The molecule has 0 aromatic heterocycles. The number of hydrogen-bond donors (Lipinski definition) is 1. The van der Waals surface area contributed by atoms with Crippen LogP contribution in [-0.4, -0.2) is 52.0 Å². The van der Waals surface area contributed by atoms with Crippen LogP contribution in [0.3, 0.4) is 0 Å². The molecule has 0 saturated carbocycles. The molecule has 158 valence electrons. The summed E-state index contributed by atoms with van der Waals surface area (Å²) in [6, 6.07) is 11.5. The molecule has 1 amide bonds. The number of aryl methyl sites for hydroxylation is 2. The first kappa shape index (κ1) is 22.7. The maximum atomic E-state index is 12.6. The highest BCUT2D eigenvalue weighted by Crippen LogP contribution is 2.19. The fourth-order valence-corrected chi connectivity index (χ4v) is 3.73. The Morgan fingerprint density at radius 3 is 2.28 bits per heavy atom. The van der Waals surface area contributed by atoms with Crippen molar-refractivity contribution in [2.45, 2.75) is 31.7 Å². The number of hydrogen-bond acceptors (Lipinski definition) is 5. The molecular formula is C21H28N2O5S. The Hall–Kier alpha value is -2.58. The molecule has 0 radical (unpaired) electrons. The van der Waals surface area contributed by atoms with E-state index >= 15 is 0 Å². The van der Waals surface area contributed by atoms with Gasteiger partial charge in [-0.25, -0.2) is 8.42 Å². The van der Waals surface area contributed by atoms with Gasteiger partial charge in [0.2, 0.25) is 15.9 Å². The molecular weight excluding hydrogens is 392 g/mol. The van der Waals surface area contributed by atoms with Gasteiger partial charge in [-0.3, -0.25) is 4.79 Å². The van der Waals surface area contributed by atoms with Crippen molar-refractivity contribution in [3.05, 3.63) is 53.6 Å². The molecule has 8 heteroatoms. The number of nitrogens with one attached hydrogen (secondary N) is 1. The molecule has 2 aromatic rings. The molecule has 2 aromatic carbocycles. The summed E-state index contributed by atoms with van der Waals surface area (Å²) < 4.78 is 37.0. The molecule has 0 spiro atoms. The minimum absolute atomic E-state index is 0.0970. The van der Waals surface area contributed by atoms with Crippen LogP contribution in [0.5, 0.6) is 11.5 Å². The third kappa shape index (κ3) is 6.20. The summed E-state index contributed by atoms with van der Waals surface area (Å²) in [5.74, 6) is 0.885. The lowest BCUT2D eigenvalue weighted by Gasteiger charge is -2.19. The van der Waals surface area contributed by atoms with E-state index in [2.05, 4.69) is 5.32 Å². The van der Waals surface area contributed by atoms with E-state index < -0.39 is 15.9 Å². The average molecular weight is 421 g/mol. The first-order valence-electron chi connectivity index (χ1n) is 9.23. The van der Waals surface area contributed by atoms with Crippen molar-refractivity contribution in [3.63, 3.8) is 0 Å². The number of sulfonamides is 1. The monoisotopic (exact) mass is 420 g/mol. The molecule has 0 fully saturated rings. The van der Waals surface area contributed by atoms with Crippen LogP contribution in [0.2, 0.25) is 0 Å². The Labute approximate surface area is 172 Å². The fraction of sp³-hybridized carbons (Fsp3) is 0.381. The predicted molar refractivity (Wildman–Crippen MR) is 112 cm³/mol. The number of amides is 1. The topological polar surface area (TPSA) is 84.9 Å². The third-order valence-electron chi connectivity index (χ3n) is 4.52. The zero-order chi connectivity index (χ0) is 21.6. The maximum Gasteiger partial charge on any atom is 0.243 e. The van der Waals surface area contributed by atoms with Crippen molar-refractivity contribution >= 4 is 15.9 Å². The molecule has 29 heavy (non-hydrogen) atoms. The minimum atomic E-state index is -3.77. The molecule has 0 bridgehead atoms. The van der Waals surface area contributed by atoms with Crippen molar-refractivity contribution in [3.8, 4) is 11.5 Å². The molecule has 0 aliphatic carbocycles. The smallest absolute Gasteiger partial charge is 0.243 e. The Morgan fingerprint density at radius 1 is 1.07 bits per heavy atom. The van der Waals surface area contributed by atoms with E-state index in [4.69, 9.17) is 9.47 Å². The van der Waals surface area contributed by atoms with Gasteiger partial charge in [0.1, 0.15) is 18.1 Å². The van der Waals surface area contributed by atoms with Gasteiger partial charge < -0.3 is 14.8 Å². The van der Waals surface area contributed by atoms with Crippen molar-refractivity contribution in [2.75, 3.05) is 27.3 Å². The van der Waals surface area contributed by atoms with Gasteiger partial charge in [0.15, 0.2) is 0 Å². The number of carbonyl (C=O) groups excluding carboxylic acids is 1. The molecule has 1 N–H and O–H groups in total. The molecule has 1 unspecified atom stereocenters. The van der Waals surface area contributed by atoms with Crippen LogP contribution < -0.4 is 14.8 Å². The van der Waals surface area contributed by atoms with Gasteiger partial charge in [-0.05, 0) is 68.3 Å². The number of methoxy groups -OCH3 is 1. The van der Waals surface area contributed by atoms with Crippen LogP contribution in [-0.2, 0) is 14.8 Å². The summed E-state index contributed by atoms with van der Waals surface area (Å²) in [6.45, 7) is 5.83. The van der Waals surface area contributed by atoms with Crippen LogP contribution in [0.25, 0.3) is 0 Å². The Bertz CT molecular complexity index is 942. The summed E-state index contributed by atoms with van der Waals surface area (Å²) in [7, 11) is -0.898. The summed E-state index contributed by atoms with van der Waals surface area (Å²) >= 11 is 0. The highest BCUT2D eigenvalue weighted by atomic mass is 32.2. The zero-order valence-corrected chi connectivity index (χ0v) is 18.2. The van der Waals surface area contributed by atoms with Crippen LogP contribution in [0.4, 0.5) is 0 Å². The SMILES string of the molecule is COc1ccc(S(=O)(=O)N(C)CC(=O)NC(C)COc2ccc(C)c(C)c2)cc1. The van der Waals surface area contributed by atoms with Crippen LogP contribution in [0.1, 0.15) is 18.1 Å². The second-order valence-electron chi connectivity index (χ2n) is 6.96.